The third-order valence-electron chi connectivity index (χ3n) is 3.65. The summed E-state index contributed by atoms with van der Waals surface area (Å²) >= 11 is 0. The highest BCUT2D eigenvalue weighted by Crippen LogP contribution is 2.20. The first-order valence-corrected chi connectivity index (χ1v) is 7.03. The smallest absolute Gasteiger partial charge is 0.239 e. The van der Waals surface area contributed by atoms with Crippen LogP contribution in [0.15, 0.2) is 0 Å². The van der Waals surface area contributed by atoms with Crippen molar-refractivity contribution < 1.29 is 14.3 Å². The lowest BCUT2D eigenvalue weighted by Crippen LogP contribution is -2.56. The molecule has 0 spiro atoms. The van der Waals surface area contributed by atoms with E-state index >= 15 is 0 Å². The Morgan fingerprint density at radius 2 is 2.00 bits per heavy atom. The number of rotatable bonds is 4. The van der Waals surface area contributed by atoms with Gasteiger partial charge >= 0.3 is 0 Å². The Morgan fingerprint density at radius 3 is 2.58 bits per heavy atom. The van der Waals surface area contributed by atoms with Crippen molar-refractivity contribution in [3.63, 3.8) is 0 Å². The van der Waals surface area contributed by atoms with Gasteiger partial charge in [-0.25, -0.2) is 0 Å². The van der Waals surface area contributed by atoms with Gasteiger partial charge in [0.15, 0.2) is 5.78 Å². The van der Waals surface area contributed by atoms with Crippen LogP contribution in [-0.2, 0) is 14.3 Å². The Hall–Kier alpha value is -0.940. The maximum atomic E-state index is 12.1. The molecule has 0 bridgehead atoms. The van der Waals surface area contributed by atoms with Crippen molar-refractivity contribution in [3.05, 3.63) is 0 Å². The third-order valence-corrected chi connectivity index (χ3v) is 3.65. The SMILES string of the molecule is CC(C)(C)C(=O)CN1CCOCC1C(=O)NC1CC1. The van der Waals surface area contributed by atoms with Crippen molar-refractivity contribution in [2.75, 3.05) is 26.3 Å². The second kappa shape index (κ2) is 5.59. The number of carbonyl (C=O) groups is 2. The van der Waals surface area contributed by atoms with Crippen LogP contribution in [0.3, 0.4) is 0 Å². The summed E-state index contributed by atoms with van der Waals surface area (Å²) in [5, 5.41) is 2.99. The second-order valence-corrected chi connectivity index (χ2v) is 6.52. The molecule has 108 valence electrons. The van der Waals surface area contributed by atoms with Crippen molar-refractivity contribution in [1.29, 1.82) is 0 Å². The highest BCUT2D eigenvalue weighted by Gasteiger charge is 2.35. The van der Waals surface area contributed by atoms with Crippen molar-refractivity contribution in [1.82, 2.24) is 10.2 Å². The molecule has 5 nitrogen and oxygen atoms in total. The molecule has 2 rings (SSSR count). The van der Waals surface area contributed by atoms with E-state index in [1.807, 2.05) is 25.7 Å². The van der Waals surface area contributed by atoms with Gasteiger partial charge < -0.3 is 10.1 Å². The van der Waals surface area contributed by atoms with Crippen LogP contribution in [0, 0.1) is 5.41 Å². The van der Waals surface area contributed by atoms with E-state index in [-0.39, 0.29) is 23.1 Å². The molecule has 0 radical (unpaired) electrons. The van der Waals surface area contributed by atoms with Gasteiger partial charge in [-0.15, -0.1) is 0 Å². The summed E-state index contributed by atoms with van der Waals surface area (Å²) in [5.74, 6) is 0.169. The Kier molecular flexibility index (Phi) is 4.26. The van der Waals surface area contributed by atoms with Gasteiger partial charge in [-0.2, -0.15) is 0 Å². The van der Waals surface area contributed by atoms with E-state index in [0.717, 1.165) is 12.8 Å². The fourth-order valence-electron chi connectivity index (χ4n) is 2.02. The van der Waals surface area contributed by atoms with Gasteiger partial charge in [0.2, 0.25) is 5.91 Å². The zero-order valence-electron chi connectivity index (χ0n) is 12.1. The molecule has 1 saturated heterocycles. The van der Waals surface area contributed by atoms with E-state index in [2.05, 4.69) is 5.32 Å². The minimum absolute atomic E-state index is 0.00362. The quantitative estimate of drug-likeness (QED) is 0.810. The van der Waals surface area contributed by atoms with Crippen LogP contribution in [0.4, 0.5) is 0 Å². The van der Waals surface area contributed by atoms with E-state index in [4.69, 9.17) is 4.74 Å². The van der Waals surface area contributed by atoms with Gasteiger partial charge in [-0.1, -0.05) is 20.8 Å². The van der Waals surface area contributed by atoms with Crippen molar-refractivity contribution >= 4 is 11.7 Å². The van der Waals surface area contributed by atoms with Crippen LogP contribution < -0.4 is 5.32 Å². The molecular weight excluding hydrogens is 244 g/mol. The summed E-state index contributed by atoms with van der Waals surface area (Å²) in [5.41, 5.74) is -0.365. The predicted molar refractivity (Wildman–Crippen MR) is 71.8 cm³/mol. The Balaban J connectivity index is 1.94. The van der Waals surface area contributed by atoms with Crippen LogP contribution in [-0.4, -0.2) is 55.0 Å². The zero-order chi connectivity index (χ0) is 14.0. The summed E-state index contributed by atoms with van der Waals surface area (Å²) < 4.78 is 5.39. The molecular formula is C14H24N2O3. The van der Waals surface area contributed by atoms with Crippen molar-refractivity contribution in [3.8, 4) is 0 Å². The predicted octanol–water partition coefficient (Wildman–Crippen LogP) is 0.581. The minimum Gasteiger partial charge on any atom is -0.378 e. The number of hydrogen-bond donors (Lipinski definition) is 1. The number of hydrogen-bond acceptors (Lipinski definition) is 4. The molecule has 2 fully saturated rings. The third kappa shape index (κ3) is 4.01. The standard InChI is InChI=1S/C14H24N2O3/c1-14(2,3)12(17)8-16-6-7-19-9-11(16)13(18)15-10-4-5-10/h10-11H,4-9H2,1-3H3,(H,15,18). The highest BCUT2D eigenvalue weighted by molar-refractivity contribution is 5.87. The summed E-state index contributed by atoms with van der Waals surface area (Å²) in [7, 11) is 0. The maximum Gasteiger partial charge on any atom is 0.239 e. The Labute approximate surface area is 114 Å². The van der Waals surface area contributed by atoms with Crippen LogP contribution >= 0.6 is 0 Å². The van der Waals surface area contributed by atoms with E-state index in [0.29, 0.717) is 32.3 Å². The summed E-state index contributed by atoms with van der Waals surface area (Å²) in [6, 6.07) is 0.0234. The number of Topliss-reactive ketones (excluding diaryl/α,β-unsaturated/α-hetero) is 1. The largest absolute Gasteiger partial charge is 0.378 e. The topological polar surface area (TPSA) is 58.6 Å². The van der Waals surface area contributed by atoms with Crippen molar-refractivity contribution in [2.45, 2.75) is 45.7 Å². The number of carbonyl (C=O) groups excluding carboxylic acids is 2. The normalized spacial score (nSPS) is 25.1. The fourth-order valence-corrected chi connectivity index (χ4v) is 2.02. The lowest BCUT2D eigenvalue weighted by molar-refractivity contribution is -0.137. The number of nitrogens with zero attached hydrogens (tertiary/aromatic N) is 1. The summed E-state index contributed by atoms with van der Waals surface area (Å²) in [6.45, 7) is 7.68. The fraction of sp³-hybridized carbons (Fsp3) is 0.857. The minimum atomic E-state index is -0.365. The number of ether oxygens (including phenoxy) is 1. The molecule has 1 aliphatic heterocycles. The molecule has 1 N–H and O–H groups in total. The average Bonchev–Trinajstić information content (AvgIpc) is 3.12. The van der Waals surface area contributed by atoms with E-state index in [9.17, 15) is 9.59 Å². The van der Waals surface area contributed by atoms with Crippen LogP contribution in [0.1, 0.15) is 33.6 Å². The Bertz CT molecular complexity index is 358. The molecule has 1 aliphatic carbocycles. The number of amides is 1. The molecule has 1 amide bonds. The molecule has 0 aromatic carbocycles. The van der Waals surface area contributed by atoms with Gasteiger partial charge in [-0.05, 0) is 12.8 Å². The molecule has 1 atom stereocenters. The monoisotopic (exact) mass is 268 g/mol. The molecule has 5 heteroatoms. The number of ketones is 1. The van der Waals surface area contributed by atoms with E-state index in [1.54, 1.807) is 0 Å². The van der Waals surface area contributed by atoms with Crippen LogP contribution in [0.2, 0.25) is 0 Å². The molecule has 1 unspecified atom stereocenters. The van der Waals surface area contributed by atoms with Gasteiger partial charge in [-0.3, -0.25) is 14.5 Å². The molecule has 1 heterocycles. The van der Waals surface area contributed by atoms with E-state index in [1.165, 1.54) is 0 Å². The van der Waals surface area contributed by atoms with Gasteiger partial charge in [0.25, 0.3) is 0 Å². The van der Waals surface area contributed by atoms with Gasteiger partial charge in [0, 0.05) is 18.0 Å². The molecule has 0 aromatic heterocycles. The average molecular weight is 268 g/mol. The Morgan fingerprint density at radius 1 is 1.32 bits per heavy atom. The summed E-state index contributed by atoms with van der Waals surface area (Å²) in [4.78, 5) is 26.2. The molecule has 2 aliphatic rings. The lowest BCUT2D eigenvalue weighted by Gasteiger charge is -2.35. The zero-order valence-corrected chi connectivity index (χ0v) is 12.1. The lowest BCUT2D eigenvalue weighted by atomic mass is 9.90. The van der Waals surface area contributed by atoms with E-state index < -0.39 is 0 Å². The highest BCUT2D eigenvalue weighted by atomic mass is 16.5. The molecule has 0 aromatic rings. The van der Waals surface area contributed by atoms with Crippen molar-refractivity contribution in [2.24, 2.45) is 5.41 Å². The summed E-state index contributed by atoms with van der Waals surface area (Å²) in [6.07, 6.45) is 2.14. The van der Waals surface area contributed by atoms with Crippen LogP contribution in [0.5, 0.6) is 0 Å². The maximum absolute atomic E-state index is 12.1. The first-order chi connectivity index (χ1) is 8.88. The van der Waals surface area contributed by atoms with Gasteiger partial charge in [0.1, 0.15) is 6.04 Å². The van der Waals surface area contributed by atoms with Gasteiger partial charge in [0.05, 0.1) is 19.8 Å². The number of morpholine rings is 1. The molecule has 1 saturated carbocycles. The first kappa shape index (κ1) is 14.5. The number of nitrogens with one attached hydrogen (secondary N) is 1. The molecule has 19 heavy (non-hydrogen) atoms. The first-order valence-electron chi connectivity index (χ1n) is 7.03. The van der Waals surface area contributed by atoms with Crippen LogP contribution in [0.25, 0.3) is 0 Å². The second-order valence-electron chi connectivity index (χ2n) is 6.52.